The van der Waals surface area contributed by atoms with Gasteiger partial charge in [0, 0.05) is 35.2 Å². The van der Waals surface area contributed by atoms with Gasteiger partial charge >= 0.3 is 6.03 Å². The van der Waals surface area contributed by atoms with E-state index in [4.69, 9.17) is 9.72 Å². The van der Waals surface area contributed by atoms with Crippen LogP contribution in [0.5, 0.6) is 5.75 Å². The largest absolute Gasteiger partial charge is 0.489 e. The Balaban J connectivity index is 1.20. The van der Waals surface area contributed by atoms with Crippen LogP contribution in [0.25, 0.3) is 22.2 Å². The van der Waals surface area contributed by atoms with Gasteiger partial charge in [0.15, 0.2) is 0 Å². The summed E-state index contributed by atoms with van der Waals surface area (Å²) in [6, 6.07) is 33.8. The minimum atomic E-state index is -0.627. The Hall–Kier alpha value is -5.50. The van der Waals surface area contributed by atoms with E-state index >= 15 is 0 Å². The summed E-state index contributed by atoms with van der Waals surface area (Å²) in [6.07, 6.45) is 0.326. The van der Waals surface area contributed by atoms with Crippen LogP contribution in [0, 0.1) is 0 Å². The van der Waals surface area contributed by atoms with E-state index in [0.717, 1.165) is 38.9 Å². The molecule has 0 aliphatic carbocycles. The highest BCUT2D eigenvalue weighted by Gasteiger charge is 2.30. The third-order valence-corrected chi connectivity index (χ3v) is 7.33. The first-order valence-corrected chi connectivity index (χ1v) is 13.6. The first-order valence-electron chi connectivity index (χ1n) is 13.6. The maximum atomic E-state index is 13.5. The fourth-order valence-corrected chi connectivity index (χ4v) is 5.26. The van der Waals surface area contributed by atoms with Gasteiger partial charge in [-0.25, -0.2) is 9.78 Å². The van der Waals surface area contributed by atoms with Crippen molar-refractivity contribution < 1.29 is 19.1 Å². The van der Waals surface area contributed by atoms with Crippen LogP contribution >= 0.6 is 0 Å². The number of pyridine rings is 1. The summed E-state index contributed by atoms with van der Waals surface area (Å²) in [5.41, 5.74) is 6.07. The summed E-state index contributed by atoms with van der Waals surface area (Å²) < 4.78 is 6.23. The van der Waals surface area contributed by atoms with Gasteiger partial charge in [-0.1, -0.05) is 84.9 Å². The standard InChI is InChI=1S/C34H28N4O4/c39-22-35-34(41)37-32(24-11-5-2-6-12-24)20-38-19-25-15-16-27(18-29(25)33(38)40)42-21-26-17-31(23-9-3-1-4-10-23)36-30-14-8-7-13-28(26)30/h1-18,22,32H,19-21H2,(H2,35,37,39,41)/t32-/m0/s1. The molecule has 0 radical (unpaired) electrons. The van der Waals surface area contributed by atoms with Crippen molar-refractivity contribution in [3.05, 3.63) is 131 Å². The molecular formula is C34H28N4O4. The highest BCUT2D eigenvalue weighted by molar-refractivity contribution is 5.99. The number of benzene rings is 4. The molecule has 0 bridgehead atoms. The zero-order valence-electron chi connectivity index (χ0n) is 22.7. The van der Waals surface area contributed by atoms with Crippen LogP contribution in [0.2, 0.25) is 0 Å². The number of para-hydroxylation sites is 1. The number of fused-ring (bicyclic) bond motifs is 2. The molecule has 0 fully saturated rings. The van der Waals surface area contributed by atoms with Gasteiger partial charge in [-0.3, -0.25) is 14.9 Å². The lowest BCUT2D eigenvalue weighted by Crippen LogP contribution is -2.42. The van der Waals surface area contributed by atoms with Gasteiger partial charge in [-0.2, -0.15) is 0 Å². The van der Waals surface area contributed by atoms with Crippen LogP contribution in [0.4, 0.5) is 4.79 Å². The van der Waals surface area contributed by atoms with Gasteiger partial charge in [0.25, 0.3) is 5.91 Å². The van der Waals surface area contributed by atoms with Crippen molar-refractivity contribution in [1.82, 2.24) is 20.5 Å². The predicted octanol–water partition coefficient (Wildman–Crippen LogP) is 5.63. The Kier molecular flexibility index (Phi) is 7.59. The molecule has 0 spiro atoms. The van der Waals surface area contributed by atoms with Crippen LogP contribution in [0.15, 0.2) is 109 Å². The van der Waals surface area contributed by atoms with E-state index in [1.165, 1.54) is 0 Å². The average molecular weight is 557 g/mol. The predicted molar refractivity (Wildman–Crippen MR) is 160 cm³/mol. The van der Waals surface area contributed by atoms with Gasteiger partial charge in [0.05, 0.1) is 17.3 Å². The first kappa shape index (κ1) is 26.7. The number of nitrogens with one attached hydrogen (secondary N) is 2. The third kappa shape index (κ3) is 5.69. The van der Waals surface area contributed by atoms with Gasteiger partial charge in [-0.15, -0.1) is 0 Å². The molecule has 2 heterocycles. The van der Waals surface area contributed by atoms with E-state index in [-0.39, 0.29) is 12.5 Å². The molecule has 1 aliphatic heterocycles. The molecule has 8 heteroatoms. The number of nitrogens with zero attached hydrogens (tertiary/aromatic N) is 2. The van der Waals surface area contributed by atoms with Crippen LogP contribution < -0.4 is 15.4 Å². The number of hydrogen-bond donors (Lipinski definition) is 2. The number of carbonyl (C=O) groups is 3. The molecule has 1 aromatic heterocycles. The molecule has 0 saturated carbocycles. The zero-order chi connectivity index (χ0) is 28.9. The number of aromatic nitrogens is 1. The molecule has 2 N–H and O–H groups in total. The summed E-state index contributed by atoms with van der Waals surface area (Å²) in [5.74, 6) is 0.448. The number of urea groups is 1. The molecule has 5 aromatic rings. The van der Waals surface area contributed by atoms with Crippen LogP contribution in [0.1, 0.15) is 33.1 Å². The number of ether oxygens (including phenoxy) is 1. The van der Waals surface area contributed by atoms with E-state index < -0.39 is 12.1 Å². The fourth-order valence-electron chi connectivity index (χ4n) is 5.26. The van der Waals surface area contributed by atoms with Crippen molar-refractivity contribution in [2.24, 2.45) is 0 Å². The molecule has 4 amide bonds. The molecule has 6 rings (SSSR count). The molecule has 1 aliphatic rings. The van der Waals surface area contributed by atoms with Crippen molar-refractivity contribution in [2.75, 3.05) is 6.54 Å². The monoisotopic (exact) mass is 556 g/mol. The summed E-state index contributed by atoms with van der Waals surface area (Å²) >= 11 is 0. The van der Waals surface area contributed by atoms with Gasteiger partial charge in [0.2, 0.25) is 6.41 Å². The van der Waals surface area contributed by atoms with Gasteiger partial charge in [0.1, 0.15) is 12.4 Å². The summed E-state index contributed by atoms with van der Waals surface area (Å²) in [4.78, 5) is 42.9. The fraction of sp³-hybridized carbons (Fsp3) is 0.118. The molecule has 8 nitrogen and oxygen atoms in total. The third-order valence-electron chi connectivity index (χ3n) is 7.33. The maximum Gasteiger partial charge on any atom is 0.321 e. The van der Waals surface area contributed by atoms with Crippen molar-refractivity contribution in [1.29, 1.82) is 0 Å². The van der Waals surface area contributed by atoms with E-state index in [1.807, 2.05) is 97.1 Å². The normalized spacial score (nSPS) is 13.0. The minimum absolute atomic E-state index is 0.144. The van der Waals surface area contributed by atoms with Crippen molar-refractivity contribution in [3.8, 4) is 17.0 Å². The van der Waals surface area contributed by atoms with Crippen molar-refractivity contribution in [3.63, 3.8) is 0 Å². The number of amides is 4. The van der Waals surface area contributed by atoms with Gasteiger partial charge < -0.3 is 15.0 Å². The number of rotatable bonds is 9. The highest BCUT2D eigenvalue weighted by Crippen LogP contribution is 2.30. The summed E-state index contributed by atoms with van der Waals surface area (Å²) in [7, 11) is 0. The quantitative estimate of drug-likeness (QED) is 0.229. The SMILES string of the molecule is O=CNC(=O)N[C@@H](CN1Cc2ccc(OCc3cc(-c4ccccc4)nc4ccccc34)cc2C1=O)c1ccccc1. The Morgan fingerprint density at radius 2 is 1.67 bits per heavy atom. The molecular weight excluding hydrogens is 528 g/mol. The Labute approximate surface area is 243 Å². The average Bonchev–Trinajstić information content (AvgIpc) is 3.34. The van der Waals surface area contributed by atoms with Crippen molar-refractivity contribution in [2.45, 2.75) is 19.2 Å². The Morgan fingerprint density at radius 1 is 0.929 bits per heavy atom. The smallest absolute Gasteiger partial charge is 0.321 e. The van der Waals surface area contributed by atoms with E-state index in [1.54, 1.807) is 11.0 Å². The maximum absolute atomic E-state index is 13.5. The molecule has 0 saturated heterocycles. The number of carbonyl (C=O) groups excluding carboxylic acids is 3. The van der Waals surface area contributed by atoms with E-state index in [2.05, 4.69) is 16.7 Å². The van der Waals surface area contributed by atoms with Crippen molar-refractivity contribution >= 4 is 29.3 Å². The molecule has 208 valence electrons. The second kappa shape index (κ2) is 11.9. The Bertz CT molecular complexity index is 1760. The number of imide groups is 1. The Morgan fingerprint density at radius 3 is 2.45 bits per heavy atom. The lowest BCUT2D eigenvalue weighted by molar-refractivity contribution is -0.108. The number of hydrogen-bond acceptors (Lipinski definition) is 5. The van der Waals surface area contributed by atoms with Gasteiger partial charge in [-0.05, 0) is 35.4 Å². The summed E-state index contributed by atoms with van der Waals surface area (Å²) in [5, 5.41) is 5.90. The second-order valence-electron chi connectivity index (χ2n) is 10.0. The highest BCUT2D eigenvalue weighted by atomic mass is 16.5. The van der Waals surface area contributed by atoms with Crippen LogP contribution in [-0.4, -0.2) is 34.8 Å². The first-order chi connectivity index (χ1) is 20.6. The lowest BCUT2D eigenvalue weighted by atomic mass is 10.0. The molecule has 4 aromatic carbocycles. The second-order valence-corrected chi connectivity index (χ2v) is 10.0. The molecule has 42 heavy (non-hydrogen) atoms. The minimum Gasteiger partial charge on any atom is -0.489 e. The topological polar surface area (TPSA) is 101 Å². The van der Waals surface area contributed by atoms with Crippen LogP contribution in [0.3, 0.4) is 0 Å². The van der Waals surface area contributed by atoms with E-state index in [9.17, 15) is 14.4 Å². The zero-order valence-corrected chi connectivity index (χ0v) is 22.7. The van der Waals surface area contributed by atoms with E-state index in [0.29, 0.717) is 30.9 Å². The summed E-state index contributed by atoms with van der Waals surface area (Å²) in [6.45, 7) is 0.959. The molecule has 0 unspecified atom stereocenters. The van der Waals surface area contributed by atoms with Crippen LogP contribution in [-0.2, 0) is 17.9 Å². The molecule has 1 atom stereocenters. The lowest BCUT2D eigenvalue weighted by Gasteiger charge is -2.25.